The van der Waals surface area contributed by atoms with Crippen LogP contribution in [0.4, 0.5) is 8.78 Å². The second-order valence-corrected chi connectivity index (χ2v) is 5.93. The van der Waals surface area contributed by atoms with Gasteiger partial charge >= 0.3 is 5.97 Å². The van der Waals surface area contributed by atoms with Crippen LogP contribution in [0.15, 0.2) is 18.2 Å². The molecule has 6 heteroatoms. The Morgan fingerprint density at radius 2 is 2.00 bits per heavy atom. The summed E-state index contributed by atoms with van der Waals surface area (Å²) in [5, 5.41) is 9.40. The van der Waals surface area contributed by atoms with Crippen LogP contribution in [0.2, 0.25) is 0 Å². The van der Waals surface area contributed by atoms with Crippen molar-refractivity contribution in [2.75, 3.05) is 6.54 Å². The molecule has 0 aromatic heterocycles. The molecule has 1 aromatic rings. The van der Waals surface area contributed by atoms with Crippen molar-refractivity contribution in [1.82, 2.24) is 4.90 Å². The molecule has 1 N–H and O–H groups in total. The molecule has 114 valence electrons. The SMILES string of the molecule is CC1(C)CCCN(C(=O)c2cccc(F)c2F)C1C(=O)O. The van der Waals surface area contributed by atoms with Crippen LogP contribution in [0, 0.1) is 17.0 Å². The van der Waals surface area contributed by atoms with Gasteiger partial charge in [-0.1, -0.05) is 19.9 Å². The lowest BCUT2D eigenvalue weighted by atomic mass is 9.76. The topological polar surface area (TPSA) is 57.6 Å². The number of aliphatic carboxylic acids is 1. The van der Waals surface area contributed by atoms with E-state index in [-0.39, 0.29) is 6.54 Å². The maximum absolute atomic E-state index is 13.8. The summed E-state index contributed by atoms with van der Waals surface area (Å²) in [7, 11) is 0. The number of likely N-dealkylation sites (tertiary alicyclic amines) is 1. The van der Waals surface area contributed by atoms with Gasteiger partial charge in [0.15, 0.2) is 11.6 Å². The molecule has 1 saturated heterocycles. The lowest BCUT2D eigenvalue weighted by molar-refractivity contribution is -0.148. The zero-order chi connectivity index (χ0) is 15.8. The number of halogens is 2. The Morgan fingerprint density at radius 1 is 1.33 bits per heavy atom. The second-order valence-electron chi connectivity index (χ2n) is 5.93. The fraction of sp³-hybridized carbons (Fsp3) is 0.467. The van der Waals surface area contributed by atoms with Crippen LogP contribution in [-0.4, -0.2) is 34.5 Å². The lowest BCUT2D eigenvalue weighted by Crippen LogP contribution is -2.56. The molecule has 0 aliphatic carbocycles. The number of carbonyl (C=O) groups is 2. The van der Waals surface area contributed by atoms with E-state index in [1.165, 1.54) is 12.1 Å². The molecule has 1 unspecified atom stereocenters. The minimum absolute atomic E-state index is 0.217. The van der Waals surface area contributed by atoms with Crippen LogP contribution < -0.4 is 0 Å². The Kier molecular flexibility index (Phi) is 3.98. The van der Waals surface area contributed by atoms with Gasteiger partial charge in [-0.3, -0.25) is 4.79 Å². The predicted molar refractivity (Wildman–Crippen MR) is 71.8 cm³/mol. The average Bonchev–Trinajstić information content (AvgIpc) is 2.39. The van der Waals surface area contributed by atoms with Crippen molar-refractivity contribution in [1.29, 1.82) is 0 Å². The number of hydrogen-bond acceptors (Lipinski definition) is 2. The van der Waals surface area contributed by atoms with Crippen LogP contribution in [0.25, 0.3) is 0 Å². The van der Waals surface area contributed by atoms with Gasteiger partial charge in [-0.05, 0) is 30.4 Å². The van der Waals surface area contributed by atoms with Gasteiger partial charge in [0.05, 0.1) is 5.56 Å². The third-order valence-electron chi connectivity index (χ3n) is 3.95. The van der Waals surface area contributed by atoms with Crippen molar-refractivity contribution in [3.63, 3.8) is 0 Å². The molecule has 1 atom stereocenters. The van der Waals surface area contributed by atoms with Crippen molar-refractivity contribution >= 4 is 11.9 Å². The molecule has 4 nitrogen and oxygen atoms in total. The lowest BCUT2D eigenvalue weighted by Gasteiger charge is -2.44. The number of amides is 1. The largest absolute Gasteiger partial charge is 0.480 e. The summed E-state index contributed by atoms with van der Waals surface area (Å²) in [5.41, 5.74) is -1.05. The van der Waals surface area contributed by atoms with Gasteiger partial charge in [0, 0.05) is 6.54 Å². The van der Waals surface area contributed by atoms with E-state index in [9.17, 15) is 23.5 Å². The highest BCUT2D eigenvalue weighted by Gasteiger charge is 2.45. The fourth-order valence-electron chi connectivity index (χ4n) is 2.90. The van der Waals surface area contributed by atoms with E-state index in [1.807, 2.05) is 0 Å². The molecule has 0 bridgehead atoms. The Morgan fingerprint density at radius 3 is 2.62 bits per heavy atom. The maximum atomic E-state index is 13.8. The molecular formula is C15H17F2NO3. The molecule has 1 aliphatic rings. The van der Waals surface area contributed by atoms with Crippen LogP contribution >= 0.6 is 0 Å². The Balaban J connectivity index is 2.41. The van der Waals surface area contributed by atoms with E-state index >= 15 is 0 Å². The van der Waals surface area contributed by atoms with E-state index in [1.54, 1.807) is 13.8 Å². The fourth-order valence-corrected chi connectivity index (χ4v) is 2.90. The first-order valence-electron chi connectivity index (χ1n) is 6.73. The molecule has 1 amide bonds. The van der Waals surface area contributed by atoms with Crippen molar-refractivity contribution in [2.45, 2.75) is 32.7 Å². The molecular weight excluding hydrogens is 280 g/mol. The van der Waals surface area contributed by atoms with Crippen molar-refractivity contribution < 1.29 is 23.5 Å². The number of piperidine rings is 1. The normalized spacial score (nSPS) is 21.1. The van der Waals surface area contributed by atoms with Gasteiger partial charge in [-0.2, -0.15) is 0 Å². The summed E-state index contributed by atoms with van der Waals surface area (Å²) in [4.78, 5) is 25.1. The molecule has 1 heterocycles. The number of hydrogen-bond donors (Lipinski definition) is 1. The van der Waals surface area contributed by atoms with Gasteiger partial charge < -0.3 is 10.0 Å². The quantitative estimate of drug-likeness (QED) is 0.913. The van der Waals surface area contributed by atoms with Gasteiger partial charge in [-0.15, -0.1) is 0 Å². The third-order valence-corrected chi connectivity index (χ3v) is 3.95. The highest BCUT2D eigenvalue weighted by molar-refractivity contribution is 5.97. The minimum Gasteiger partial charge on any atom is -0.480 e. The van der Waals surface area contributed by atoms with Crippen molar-refractivity contribution in [2.24, 2.45) is 5.41 Å². The molecule has 2 rings (SSSR count). The first kappa shape index (κ1) is 15.4. The highest BCUT2D eigenvalue weighted by Crippen LogP contribution is 2.36. The molecule has 0 spiro atoms. The van der Waals surface area contributed by atoms with E-state index < -0.39 is 40.5 Å². The summed E-state index contributed by atoms with van der Waals surface area (Å²) in [6.07, 6.45) is 1.28. The third kappa shape index (κ3) is 2.75. The zero-order valence-electron chi connectivity index (χ0n) is 11.9. The van der Waals surface area contributed by atoms with E-state index in [0.29, 0.717) is 12.8 Å². The molecule has 1 fully saturated rings. The van der Waals surface area contributed by atoms with Crippen LogP contribution in [0.5, 0.6) is 0 Å². The van der Waals surface area contributed by atoms with Crippen molar-refractivity contribution in [3.05, 3.63) is 35.4 Å². The first-order valence-corrected chi connectivity index (χ1v) is 6.73. The van der Waals surface area contributed by atoms with E-state index in [4.69, 9.17) is 0 Å². The summed E-state index contributed by atoms with van der Waals surface area (Å²) in [6, 6.07) is 2.26. The standard InChI is InChI=1S/C15H17F2NO3/c1-15(2)7-4-8-18(12(15)14(20)21)13(19)9-5-3-6-10(16)11(9)17/h3,5-6,12H,4,7-8H2,1-2H3,(H,20,21). The van der Waals surface area contributed by atoms with Crippen LogP contribution in [0.1, 0.15) is 37.0 Å². The number of carboxylic acids is 1. The second kappa shape index (κ2) is 5.42. The minimum atomic E-state index is -1.24. The molecule has 0 radical (unpaired) electrons. The Labute approximate surface area is 121 Å². The summed E-state index contributed by atoms with van der Waals surface area (Å²) in [5.74, 6) is -4.28. The van der Waals surface area contributed by atoms with Gasteiger partial charge in [0.1, 0.15) is 6.04 Å². The summed E-state index contributed by atoms with van der Waals surface area (Å²) in [6.45, 7) is 3.73. The number of carboxylic acid groups (broad SMARTS) is 1. The number of rotatable bonds is 2. The molecule has 0 saturated carbocycles. The van der Waals surface area contributed by atoms with Gasteiger partial charge in [0.25, 0.3) is 5.91 Å². The Hall–Kier alpha value is -1.98. The summed E-state index contributed by atoms with van der Waals surface area (Å²) >= 11 is 0. The van der Waals surface area contributed by atoms with Gasteiger partial charge in [0.2, 0.25) is 0 Å². The van der Waals surface area contributed by atoms with Gasteiger partial charge in [-0.25, -0.2) is 13.6 Å². The smallest absolute Gasteiger partial charge is 0.326 e. The van der Waals surface area contributed by atoms with Crippen LogP contribution in [-0.2, 0) is 4.79 Å². The number of carbonyl (C=O) groups excluding carboxylic acids is 1. The molecule has 1 aliphatic heterocycles. The molecule has 21 heavy (non-hydrogen) atoms. The van der Waals surface area contributed by atoms with E-state index in [2.05, 4.69) is 0 Å². The molecule has 1 aromatic carbocycles. The highest BCUT2D eigenvalue weighted by atomic mass is 19.2. The predicted octanol–water partition coefficient (Wildman–Crippen LogP) is 2.68. The zero-order valence-corrected chi connectivity index (χ0v) is 11.9. The maximum Gasteiger partial charge on any atom is 0.326 e. The Bertz CT molecular complexity index is 586. The van der Waals surface area contributed by atoms with Crippen LogP contribution in [0.3, 0.4) is 0 Å². The number of nitrogens with zero attached hydrogens (tertiary/aromatic N) is 1. The monoisotopic (exact) mass is 297 g/mol. The summed E-state index contributed by atoms with van der Waals surface area (Å²) < 4.78 is 27.0. The number of benzene rings is 1. The van der Waals surface area contributed by atoms with E-state index in [0.717, 1.165) is 11.0 Å². The van der Waals surface area contributed by atoms with Crippen molar-refractivity contribution in [3.8, 4) is 0 Å². The first-order chi connectivity index (χ1) is 9.75. The average molecular weight is 297 g/mol.